The summed E-state index contributed by atoms with van der Waals surface area (Å²) in [6, 6.07) is 3.21. The molecule has 116 valence electrons. The van der Waals surface area contributed by atoms with Crippen molar-refractivity contribution < 1.29 is 14.4 Å². The van der Waals surface area contributed by atoms with Crippen molar-refractivity contribution in [2.75, 3.05) is 32.2 Å². The van der Waals surface area contributed by atoms with Gasteiger partial charge in [-0.2, -0.15) is 0 Å². The van der Waals surface area contributed by atoms with Crippen LogP contribution in [0.3, 0.4) is 0 Å². The van der Waals surface area contributed by atoms with E-state index in [0.29, 0.717) is 5.92 Å². The number of hydrogen-bond acceptors (Lipinski definition) is 6. The zero-order valence-corrected chi connectivity index (χ0v) is 12.4. The summed E-state index contributed by atoms with van der Waals surface area (Å²) in [5.74, 6) is 0.467. The Hall–Kier alpha value is -1.73. The lowest BCUT2D eigenvalue weighted by atomic mass is 9.93. The quantitative estimate of drug-likeness (QED) is 0.455. The average Bonchev–Trinajstić information content (AvgIpc) is 2.53. The minimum absolute atomic E-state index is 0.114. The smallest absolute Gasteiger partial charge is 0.363 e. The summed E-state index contributed by atoms with van der Waals surface area (Å²) in [7, 11) is 3.32. The van der Waals surface area contributed by atoms with Crippen LogP contribution >= 0.6 is 0 Å². The number of methoxy groups -OCH3 is 2. The van der Waals surface area contributed by atoms with E-state index in [1.54, 1.807) is 26.5 Å². The van der Waals surface area contributed by atoms with Crippen LogP contribution in [0.25, 0.3) is 0 Å². The number of hydrogen-bond donors (Lipinski definition) is 0. The lowest BCUT2D eigenvalue weighted by Gasteiger charge is -2.33. The number of aromatic nitrogens is 1. The van der Waals surface area contributed by atoms with Gasteiger partial charge < -0.3 is 24.5 Å². The number of nitro groups is 1. The van der Waals surface area contributed by atoms with Crippen LogP contribution in [0.4, 0.5) is 11.5 Å². The van der Waals surface area contributed by atoms with Crippen LogP contribution in [0.1, 0.15) is 19.3 Å². The van der Waals surface area contributed by atoms with Crippen LogP contribution < -0.4 is 4.90 Å². The second-order valence-electron chi connectivity index (χ2n) is 5.20. The van der Waals surface area contributed by atoms with Gasteiger partial charge in [0.05, 0.1) is 5.69 Å². The molecule has 1 aliphatic rings. The minimum Gasteiger partial charge on any atom is -0.368 e. The van der Waals surface area contributed by atoms with Gasteiger partial charge in [-0.05, 0) is 34.7 Å². The molecule has 0 amide bonds. The molecule has 1 aromatic heterocycles. The largest absolute Gasteiger partial charge is 0.368 e. The maximum absolute atomic E-state index is 10.6. The van der Waals surface area contributed by atoms with Gasteiger partial charge in [0, 0.05) is 39.8 Å². The van der Waals surface area contributed by atoms with E-state index in [9.17, 15) is 10.1 Å². The third kappa shape index (κ3) is 4.12. The van der Waals surface area contributed by atoms with E-state index < -0.39 is 4.92 Å². The van der Waals surface area contributed by atoms with Crippen LogP contribution in [0.5, 0.6) is 0 Å². The molecule has 2 rings (SSSR count). The van der Waals surface area contributed by atoms with Crippen LogP contribution in [0.15, 0.2) is 18.3 Å². The molecule has 0 aliphatic carbocycles. The van der Waals surface area contributed by atoms with E-state index in [2.05, 4.69) is 9.88 Å². The zero-order chi connectivity index (χ0) is 15.2. The van der Waals surface area contributed by atoms with E-state index in [1.165, 1.54) is 6.07 Å². The van der Waals surface area contributed by atoms with Gasteiger partial charge in [0.15, 0.2) is 12.5 Å². The standard InChI is InChI=1S/C14H21N3O4/c1-20-14(21-2)9-11-5-7-16(8-6-11)12-3-4-13(15-10-12)17(18)19/h3-4,10-11,14H,5-9H2,1-2H3. The first-order chi connectivity index (χ1) is 10.1. The molecule has 21 heavy (non-hydrogen) atoms. The van der Waals surface area contributed by atoms with Crippen LogP contribution in [0.2, 0.25) is 0 Å². The highest BCUT2D eigenvalue weighted by molar-refractivity contribution is 5.46. The second-order valence-corrected chi connectivity index (χ2v) is 5.20. The highest BCUT2D eigenvalue weighted by atomic mass is 16.7. The predicted molar refractivity (Wildman–Crippen MR) is 78.3 cm³/mol. The molecule has 0 unspecified atom stereocenters. The lowest BCUT2D eigenvalue weighted by Crippen LogP contribution is -2.35. The van der Waals surface area contributed by atoms with Crippen LogP contribution in [0, 0.1) is 16.0 Å². The van der Waals surface area contributed by atoms with Crippen molar-refractivity contribution in [3.8, 4) is 0 Å². The van der Waals surface area contributed by atoms with Gasteiger partial charge in [0.25, 0.3) is 0 Å². The summed E-state index contributed by atoms with van der Waals surface area (Å²) in [5.41, 5.74) is 0.939. The van der Waals surface area contributed by atoms with Gasteiger partial charge in [-0.3, -0.25) is 0 Å². The van der Waals surface area contributed by atoms with Crippen molar-refractivity contribution in [3.05, 3.63) is 28.4 Å². The summed E-state index contributed by atoms with van der Waals surface area (Å²) in [6.07, 6.45) is 4.45. The monoisotopic (exact) mass is 295 g/mol. The van der Waals surface area contributed by atoms with Crippen molar-refractivity contribution in [1.29, 1.82) is 0 Å². The van der Waals surface area contributed by atoms with E-state index in [-0.39, 0.29) is 12.1 Å². The first-order valence-electron chi connectivity index (χ1n) is 7.05. The Morgan fingerprint density at radius 1 is 1.38 bits per heavy atom. The maximum atomic E-state index is 10.6. The molecule has 1 fully saturated rings. The maximum Gasteiger partial charge on any atom is 0.363 e. The highest BCUT2D eigenvalue weighted by Crippen LogP contribution is 2.27. The van der Waals surface area contributed by atoms with E-state index in [4.69, 9.17) is 9.47 Å². The van der Waals surface area contributed by atoms with Crippen molar-refractivity contribution >= 4 is 11.5 Å². The third-order valence-corrected chi connectivity index (χ3v) is 3.95. The molecular formula is C14H21N3O4. The summed E-state index contributed by atoms with van der Waals surface area (Å²) in [5, 5.41) is 10.6. The molecule has 0 saturated carbocycles. The third-order valence-electron chi connectivity index (χ3n) is 3.95. The van der Waals surface area contributed by atoms with Crippen molar-refractivity contribution in [2.24, 2.45) is 5.92 Å². The number of pyridine rings is 1. The fraction of sp³-hybridized carbons (Fsp3) is 0.643. The van der Waals surface area contributed by atoms with E-state index >= 15 is 0 Å². The Morgan fingerprint density at radius 3 is 2.52 bits per heavy atom. The molecule has 0 radical (unpaired) electrons. The van der Waals surface area contributed by atoms with E-state index in [1.807, 2.05) is 0 Å². The van der Waals surface area contributed by atoms with Gasteiger partial charge in [-0.1, -0.05) is 0 Å². The Bertz CT molecular complexity index is 454. The van der Waals surface area contributed by atoms with E-state index in [0.717, 1.165) is 38.0 Å². The molecule has 0 atom stereocenters. The molecule has 0 N–H and O–H groups in total. The Labute approximate surface area is 124 Å². The topological polar surface area (TPSA) is 77.7 Å². The Morgan fingerprint density at radius 2 is 2.05 bits per heavy atom. The molecule has 2 heterocycles. The van der Waals surface area contributed by atoms with Crippen LogP contribution in [-0.2, 0) is 9.47 Å². The molecule has 0 bridgehead atoms. The van der Waals surface area contributed by atoms with Crippen LogP contribution in [-0.4, -0.2) is 43.5 Å². The summed E-state index contributed by atoms with van der Waals surface area (Å²) in [6.45, 7) is 1.84. The normalized spacial score (nSPS) is 16.4. The molecule has 0 aromatic carbocycles. The molecule has 0 spiro atoms. The molecule has 1 saturated heterocycles. The molecule has 7 nitrogen and oxygen atoms in total. The summed E-state index contributed by atoms with van der Waals surface area (Å²) >= 11 is 0. The number of ether oxygens (including phenoxy) is 2. The average molecular weight is 295 g/mol. The van der Waals surface area contributed by atoms with Gasteiger partial charge in [-0.25, -0.2) is 0 Å². The minimum atomic E-state index is -0.481. The number of anilines is 1. The first kappa shape index (κ1) is 15.7. The molecular weight excluding hydrogens is 274 g/mol. The molecule has 1 aliphatic heterocycles. The Kier molecular flexibility index (Phi) is 5.46. The highest BCUT2D eigenvalue weighted by Gasteiger charge is 2.23. The predicted octanol–water partition coefficient (Wildman–Crippen LogP) is 2.22. The first-order valence-corrected chi connectivity index (χ1v) is 7.05. The lowest BCUT2D eigenvalue weighted by molar-refractivity contribution is -0.389. The Balaban J connectivity index is 1.87. The van der Waals surface area contributed by atoms with Crippen molar-refractivity contribution in [2.45, 2.75) is 25.6 Å². The summed E-state index contributed by atoms with van der Waals surface area (Å²) < 4.78 is 10.5. The zero-order valence-electron chi connectivity index (χ0n) is 12.4. The SMILES string of the molecule is COC(CC1CCN(c2ccc([N+](=O)[O-])nc2)CC1)OC. The fourth-order valence-electron chi connectivity index (χ4n) is 2.66. The summed E-state index contributed by atoms with van der Waals surface area (Å²) in [4.78, 5) is 16.2. The molecule has 7 heteroatoms. The fourth-order valence-corrected chi connectivity index (χ4v) is 2.66. The van der Waals surface area contributed by atoms with Crippen molar-refractivity contribution in [3.63, 3.8) is 0 Å². The van der Waals surface area contributed by atoms with Gasteiger partial charge in [-0.15, -0.1) is 0 Å². The second kappa shape index (κ2) is 7.33. The van der Waals surface area contributed by atoms with Gasteiger partial charge in [0.1, 0.15) is 0 Å². The number of piperidine rings is 1. The van der Waals surface area contributed by atoms with Crippen molar-refractivity contribution in [1.82, 2.24) is 4.98 Å². The number of nitrogens with zero attached hydrogens (tertiary/aromatic N) is 3. The number of rotatable bonds is 6. The van der Waals surface area contributed by atoms with Gasteiger partial charge in [0.2, 0.25) is 0 Å². The molecule has 1 aromatic rings. The van der Waals surface area contributed by atoms with Gasteiger partial charge >= 0.3 is 5.82 Å².